The van der Waals surface area contributed by atoms with E-state index >= 15 is 0 Å². The Hall–Kier alpha value is -2.75. The van der Waals surface area contributed by atoms with E-state index in [0.717, 1.165) is 12.0 Å². The van der Waals surface area contributed by atoms with Gasteiger partial charge >= 0.3 is 5.97 Å². The molecule has 0 radical (unpaired) electrons. The summed E-state index contributed by atoms with van der Waals surface area (Å²) < 4.78 is 10.8. The second kappa shape index (κ2) is 8.20. The number of rotatable bonds is 7. The standard InChI is InChI=1S/C20H22O4/c1-4-14-6-9-16(10-7-14)17(20(21)22)12-15-8-11-18(23-3)19(13-15)24-5-2/h6-13H,4-5H2,1-3H3,(H,21,22)/b17-12-. The first-order chi connectivity index (χ1) is 11.6. The van der Waals surface area contributed by atoms with E-state index in [0.29, 0.717) is 23.7 Å². The van der Waals surface area contributed by atoms with Crippen molar-refractivity contribution in [2.45, 2.75) is 20.3 Å². The van der Waals surface area contributed by atoms with E-state index in [9.17, 15) is 9.90 Å². The number of aliphatic carboxylic acids is 1. The van der Waals surface area contributed by atoms with Gasteiger partial charge in [-0.25, -0.2) is 4.79 Å². The van der Waals surface area contributed by atoms with Gasteiger partial charge in [0.25, 0.3) is 0 Å². The topological polar surface area (TPSA) is 55.8 Å². The highest BCUT2D eigenvalue weighted by Gasteiger charge is 2.12. The molecule has 0 aliphatic heterocycles. The van der Waals surface area contributed by atoms with Crippen molar-refractivity contribution in [2.24, 2.45) is 0 Å². The van der Waals surface area contributed by atoms with Crippen molar-refractivity contribution in [3.8, 4) is 11.5 Å². The Morgan fingerprint density at radius 3 is 2.33 bits per heavy atom. The van der Waals surface area contributed by atoms with Crippen LogP contribution in [0.1, 0.15) is 30.5 Å². The Labute approximate surface area is 142 Å². The quantitative estimate of drug-likeness (QED) is 0.609. The third kappa shape index (κ3) is 4.16. The number of methoxy groups -OCH3 is 1. The molecule has 0 atom stereocenters. The molecule has 1 N–H and O–H groups in total. The van der Waals surface area contributed by atoms with Gasteiger partial charge in [0.1, 0.15) is 0 Å². The van der Waals surface area contributed by atoms with E-state index < -0.39 is 5.97 Å². The van der Waals surface area contributed by atoms with E-state index in [1.807, 2.05) is 37.3 Å². The highest BCUT2D eigenvalue weighted by molar-refractivity contribution is 6.20. The van der Waals surface area contributed by atoms with Crippen LogP contribution in [0.25, 0.3) is 11.6 Å². The molecule has 0 bridgehead atoms. The number of aryl methyl sites for hydroxylation is 1. The van der Waals surface area contributed by atoms with Crippen molar-refractivity contribution in [1.82, 2.24) is 0 Å². The van der Waals surface area contributed by atoms with Crippen LogP contribution in [0.4, 0.5) is 0 Å². The minimum Gasteiger partial charge on any atom is -0.493 e. The summed E-state index contributed by atoms with van der Waals surface area (Å²) in [6.45, 7) is 4.46. The predicted octanol–water partition coefficient (Wildman–Crippen LogP) is 4.28. The van der Waals surface area contributed by atoms with Crippen molar-refractivity contribution in [3.63, 3.8) is 0 Å². The minimum atomic E-state index is -0.965. The van der Waals surface area contributed by atoms with E-state index in [1.54, 1.807) is 25.3 Å². The lowest BCUT2D eigenvalue weighted by atomic mass is 10.0. The van der Waals surface area contributed by atoms with Gasteiger partial charge in [0, 0.05) is 0 Å². The summed E-state index contributed by atoms with van der Waals surface area (Å²) in [4.78, 5) is 11.7. The molecule has 0 fully saturated rings. The predicted molar refractivity (Wildman–Crippen MR) is 95.5 cm³/mol. The lowest BCUT2D eigenvalue weighted by molar-refractivity contribution is -0.130. The Morgan fingerprint density at radius 2 is 1.79 bits per heavy atom. The number of carboxylic acid groups (broad SMARTS) is 1. The van der Waals surface area contributed by atoms with Gasteiger partial charge in [0.05, 0.1) is 19.3 Å². The maximum absolute atomic E-state index is 11.7. The number of benzene rings is 2. The van der Waals surface area contributed by atoms with Gasteiger partial charge in [-0.05, 0) is 48.2 Å². The molecule has 0 heterocycles. The molecule has 0 aromatic heterocycles. The van der Waals surface area contributed by atoms with Crippen LogP contribution in [0.5, 0.6) is 11.5 Å². The first-order valence-corrected chi connectivity index (χ1v) is 7.94. The molecule has 0 amide bonds. The molecule has 24 heavy (non-hydrogen) atoms. The zero-order valence-electron chi connectivity index (χ0n) is 14.2. The summed E-state index contributed by atoms with van der Waals surface area (Å²) in [5, 5.41) is 9.56. The van der Waals surface area contributed by atoms with Gasteiger partial charge in [-0.15, -0.1) is 0 Å². The number of ether oxygens (including phenoxy) is 2. The third-order valence-electron chi connectivity index (χ3n) is 3.70. The van der Waals surface area contributed by atoms with Crippen molar-refractivity contribution < 1.29 is 19.4 Å². The molecule has 0 aliphatic rings. The molecule has 126 valence electrons. The van der Waals surface area contributed by atoms with Crippen molar-refractivity contribution in [3.05, 3.63) is 59.2 Å². The van der Waals surface area contributed by atoms with E-state index in [4.69, 9.17) is 9.47 Å². The van der Waals surface area contributed by atoms with Crippen LogP contribution in [0.15, 0.2) is 42.5 Å². The maximum Gasteiger partial charge on any atom is 0.336 e. The summed E-state index contributed by atoms with van der Waals surface area (Å²) in [6.07, 6.45) is 2.56. The van der Waals surface area contributed by atoms with Gasteiger partial charge in [0.15, 0.2) is 11.5 Å². The number of carboxylic acids is 1. The maximum atomic E-state index is 11.7. The molecule has 0 saturated heterocycles. The highest BCUT2D eigenvalue weighted by Crippen LogP contribution is 2.30. The summed E-state index contributed by atoms with van der Waals surface area (Å²) in [7, 11) is 1.57. The number of hydrogen-bond donors (Lipinski definition) is 1. The minimum absolute atomic E-state index is 0.241. The second-order valence-electron chi connectivity index (χ2n) is 5.26. The van der Waals surface area contributed by atoms with E-state index in [2.05, 4.69) is 6.92 Å². The van der Waals surface area contributed by atoms with Crippen LogP contribution in [0, 0.1) is 0 Å². The molecule has 0 aliphatic carbocycles. The van der Waals surface area contributed by atoms with Crippen molar-refractivity contribution in [1.29, 1.82) is 0 Å². The van der Waals surface area contributed by atoms with E-state index in [1.165, 1.54) is 5.56 Å². The first-order valence-electron chi connectivity index (χ1n) is 7.94. The summed E-state index contributed by atoms with van der Waals surface area (Å²) >= 11 is 0. The monoisotopic (exact) mass is 326 g/mol. The summed E-state index contributed by atoms with van der Waals surface area (Å²) in [5.74, 6) is 0.256. The van der Waals surface area contributed by atoms with Gasteiger partial charge < -0.3 is 14.6 Å². The molecule has 0 saturated carbocycles. The van der Waals surface area contributed by atoms with Crippen LogP contribution in [0.2, 0.25) is 0 Å². The first kappa shape index (κ1) is 17.6. The van der Waals surface area contributed by atoms with Gasteiger partial charge in [-0.2, -0.15) is 0 Å². The molecular weight excluding hydrogens is 304 g/mol. The lowest BCUT2D eigenvalue weighted by Gasteiger charge is -2.10. The van der Waals surface area contributed by atoms with Crippen LogP contribution in [-0.2, 0) is 11.2 Å². The molecular formula is C20H22O4. The van der Waals surface area contributed by atoms with Gasteiger partial charge in [-0.3, -0.25) is 0 Å². The average Bonchev–Trinajstić information content (AvgIpc) is 2.60. The number of carbonyl (C=O) groups is 1. The summed E-state index contributed by atoms with van der Waals surface area (Å²) in [5.41, 5.74) is 2.83. The molecule has 2 aromatic rings. The molecule has 4 heteroatoms. The molecule has 4 nitrogen and oxygen atoms in total. The summed E-state index contributed by atoms with van der Waals surface area (Å²) in [6, 6.07) is 12.9. The largest absolute Gasteiger partial charge is 0.493 e. The molecule has 2 rings (SSSR count). The molecule has 0 unspecified atom stereocenters. The third-order valence-corrected chi connectivity index (χ3v) is 3.70. The Balaban J connectivity index is 2.43. The SMILES string of the molecule is CCOc1cc(/C=C(\C(=O)O)c2ccc(CC)cc2)ccc1OC. The molecule has 0 spiro atoms. The lowest BCUT2D eigenvalue weighted by Crippen LogP contribution is -2.00. The van der Waals surface area contributed by atoms with Crippen molar-refractivity contribution >= 4 is 17.6 Å². The van der Waals surface area contributed by atoms with Gasteiger partial charge in [0.2, 0.25) is 0 Å². The normalized spacial score (nSPS) is 11.2. The van der Waals surface area contributed by atoms with Crippen LogP contribution in [-0.4, -0.2) is 24.8 Å². The van der Waals surface area contributed by atoms with Gasteiger partial charge in [-0.1, -0.05) is 37.3 Å². The number of hydrogen-bond acceptors (Lipinski definition) is 3. The van der Waals surface area contributed by atoms with Crippen LogP contribution >= 0.6 is 0 Å². The van der Waals surface area contributed by atoms with Crippen LogP contribution in [0.3, 0.4) is 0 Å². The Kier molecular flexibility index (Phi) is 6.01. The smallest absolute Gasteiger partial charge is 0.336 e. The van der Waals surface area contributed by atoms with Crippen LogP contribution < -0.4 is 9.47 Å². The fourth-order valence-corrected chi connectivity index (χ4v) is 2.41. The fourth-order valence-electron chi connectivity index (χ4n) is 2.41. The zero-order chi connectivity index (χ0) is 17.5. The zero-order valence-corrected chi connectivity index (χ0v) is 14.2. The van der Waals surface area contributed by atoms with Crippen molar-refractivity contribution in [2.75, 3.05) is 13.7 Å². The Morgan fingerprint density at radius 1 is 1.08 bits per heavy atom. The second-order valence-corrected chi connectivity index (χ2v) is 5.26. The average molecular weight is 326 g/mol. The fraction of sp³-hybridized carbons (Fsp3) is 0.250. The molecule has 2 aromatic carbocycles. The van der Waals surface area contributed by atoms with E-state index in [-0.39, 0.29) is 5.57 Å². The highest BCUT2D eigenvalue weighted by atomic mass is 16.5. The Bertz CT molecular complexity index is 730.